The van der Waals surface area contributed by atoms with Gasteiger partial charge in [0.25, 0.3) is 11.7 Å². The molecule has 1 unspecified atom stereocenters. The first kappa shape index (κ1) is 21.2. The number of aliphatic hydroxyl groups excluding tert-OH is 1. The minimum atomic E-state index is -4.56. The lowest BCUT2D eigenvalue weighted by Gasteiger charge is -2.25. The molecule has 0 spiro atoms. The molecular formula is C24H16F3NO4. The number of aliphatic hydroxyl groups is 1. The third-order valence-electron chi connectivity index (χ3n) is 5.17. The van der Waals surface area contributed by atoms with E-state index in [9.17, 15) is 33.0 Å². The van der Waals surface area contributed by atoms with E-state index in [1.807, 2.05) is 0 Å². The van der Waals surface area contributed by atoms with Crippen molar-refractivity contribution in [2.75, 3.05) is 4.90 Å². The van der Waals surface area contributed by atoms with Crippen LogP contribution in [-0.4, -0.2) is 21.9 Å². The van der Waals surface area contributed by atoms with Crippen molar-refractivity contribution in [2.45, 2.75) is 12.2 Å². The predicted molar refractivity (Wildman–Crippen MR) is 111 cm³/mol. The molecule has 1 atom stereocenters. The first-order chi connectivity index (χ1) is 15.2. The summed E-state index contributed by atoms with van der Waals surface area (Å²) in [7, 11) is 0. The van der Waals surface area contributed by atoms with Crippen molar-refractivity contribution in [3.63, 3.8) is 0 Å². The lowest BCUT2D eigenvalue weighted by molar-refractivity contribution is -0.137. The molecule has 4 rings (SSSR count). The molecule has 1 aliphatic heterocycles. The molecule has 5 nitrogen and oxygen atoms in total. The van der Waals surface area contributed by atoms with Crippen molar-refractivity contribution in [1.29, 1.82) is 0 Å². The van der Waals surface area contributed by atoms with Gasteiger partial charge in [0.2, 0.25) is 0 Å². The normalized spacial score (nSPS) is 18.2. The molecular weight excluding hydrogens is 423 g/mol. The minimum Gasteiger partial charge on any atom is -0.508 e. The summed E-state index contributed by atoms with van der Waals surface area (Å²) < 4.78 is 38.9. The number of halogens is 3. The maximum Gasteiger partial charge on any atom is 0.416 e. The van der Waals surface area contributed by atoms with E-state index in [2.05, 4.69) is 0 Å². The van der Waals surface area contributed by atoms with Gasteiger partial charge in [0, 0.05) is 11.3 Å². The molecule has 0 radical (unpaired) electrons. The molecule has 32 heavy (non-hydrogen) atoms. The van der Waals surface area contributed by atoms with Crippen LogP contribution in [0.4, 0.5) is 18.9 Å². The van der Waals surface area contributed by atoms with Gasteiger partial charge in [0.15, 0.2) is 0 Å². The lowest BCUT2D eigenvalue weighted by Crippen LogP contribution is -2.29. The van der Waals surface area contributed by atoms with Crippen molar-refractivity contribution in [1.82, 2.24) is 0 Å². The van der Waals surface area contributed by atoms with Gasteiger partial charge >= 0.3 is 6.18 Å². The van der Waals surface area contributed by atoms with Crippen molar-refractivity contribution >= 4 is 23.1 Å². The third-order valence-corrected chi connectivity index (χ3v) is 5.17. The van der Waals surface area contributed by atoms with Crippen LogP contribution < -0.4 is 4.90 Å². The molecule has 8 heteroatoms. The van der Waals surface area contributed by atoms with Gasteiger partial charge in [-0.05, 0) is 42.0 Å². The van der Waals surface area contributed by atoms with E-state index >= 15 is 0 Å². The van der Waals surface area contributed by atoms with E-state index in [1.54, 1.807) is 30.3 Å². The fourth-order valence-corrected chi connectivity index (χ4v) is 3.63. The van der Waals surface area contributed by atoms with E-state index in [4.69, 9.17) is 0 Å². The molecule has 1 saturated heterocycles. The number of amides is 1. The van der Waals surface area contributed by atoms with Crippen LogP contribution in [0.3, 0.4) is 0 Å². The highest BCUT2D eigenvalue weighted by molar-refractivity contribution is 6.51. The Morgan fingerprint density at radius 2 is 1.44 bits per heavy atom. The number of ketones is 1. The molecule has 0 bridgehead atoms. The Bertz CT molecular complexity index is 1200. The van der Waals surface area contributed by atoms with E-state index < -0.39 is 35.2 Å². The van der Waals surface area contributed by atoms with Crippen LogP contribution in [-0.2, 0) is 15.8 Å². The van der Waals surface area contributed by atoms with Gasteiger partial charge < -0.3 is 10.2 Å². The number of benzene rings is 3. The Labute approximate surface area is 180 Å². The Balaban J connectivity index is 1.90. The Kier molecular flexibility index (Phi) is 5.22. The predicted octanol–water partition coefficient (Wildman–Crippen LogP) is 5.04. The Morgan fingerprint density at radius 1 is 0.844 bits per heavy atom. The summed E-state index contributed by atoms with van der Waals surface area (Å²) in [5.74, 6) is -2.41. The molecule has 162 valence electrons. The highest BCUT2D eigenvalue weighted by Crippen LogP contribution is 2.43. The second kappa shape index (κ2) is 7.88. The van der Waals surface area contributed by atoms with Crippen LogP contribution in [0.1, 0.15) is 22.7 Å². The highest BCUT2D eigenvalue weighted by atomic mass is 19.4. The van der Waals surface area contributed by atoms with E-state index in [0.717, 1.165) is 29.2 Å². The molecule has 0 saturated carbocycles. The number of phenols is 1. The first-order valence-electron chi connectivity index (χ1n) is 9.51. The van der Waals surface area contributed by atoms with Gasteiger partial charge in [-0.25, -0.2) is 0 Å². The molecule has 3 aromatic rings. The fraction of sp³-hybridized carbons (Fsp3) is 0.0833. The zero-order valence-electron chi connectivity index (χ0n) is 16.4. The van der Waals surface area contributed by atoms with Crippen LogP contribution >= 0.6 is 0 Å². The van der Waals surface area contributed by atoms with Crippen LogP contribution in [0.15, 0.2) is 84.4 Å². The number of carbonyl (C=O) groups is 2. The molecule has 1 aliphatic rings. The van der Waals surface area contributed by atoms with Crippen LogP contribution in [0.25, 0.3) is 5.76 Å². The number of aromatic hydroxyl groups is 1. The number of nitrogens with zero attached hydrogens (tertiary/aromatic N) is 1. The van der Waals surface area contributed by atoms with Gasteiger partial charge in [0.1, 0.15) is 11.5 Å². The number of phenolic OH excluding ortho intramolecular Hbond substituents is 1. The van der Waals surface area contributed by atoms with Crippen molar-refractivity contribution in [2.24, 2.45) is 0 Å². The van der Waals surface area contributed by atoms with Crippen LogP contribution in [0.2, 0.25) is 0 Å². The lowest BCUT2D eigenvalue weighted by atomic mass is 9.95. The summed E-state index contributed by atoms with van der Waals surface area (Å²) in [6.45, 7) is 0. The van der Waals surface area contributed by atoms with Crippen LogP contribution in [0, 0.1) is 0 Å². The van der Waals surface area contributed by atoms with Gasteiger partial charge in [-0.3, -0.25) is 14.5 Å². The molecule has 3 aromatic carbocycles. The molecule has 1 fully saturated rings. The minimum absolute atomic E-state index is 0.0525. The number of Topliss-reactive ketones (excluding diaryl/α,β-unsaturated/α-hetero) is 1. The van der Waals surface area contributed by atoms with Crippen molar-refractivity contribution in [3.8, 4) is 5.75 Å². The summed E-state index contributed by atoms with van der Waals surface area (Å²) in [6, 6.07) is 16.5. The summed E-state index contributed by atoms with van der Waals surface area (Å²) >= 11 is 0. The van der Waals surface area contributed by atoms with Crippen molar-refractivity contribution in [3.05, 3.63) is 101 Å². The molecule has 0 aromatic heterocycles. The number of anilines is 1. The maximum absolute atomic E-state index is 13.0. The van der Waals surface area contributed by atoms with E-state index in [-0.39, 0.29) is 17.0 Å². The summed E-state index contributed by atoms with van der Waals surface area (Å²) in [5.41, 5.74) is -0.346. The number of rotatable bonds is 3. The topological polar surface area (TPSA) is 77.8 Å². The average Bonchev–Trinajstić information content (AvgIpc) is 3.04. The zero-order chi connectivity index (χ0) is 23.0. The van der Waals surface area contributed by atoms with Crippen LogP contribution in [0.5, 0.6) is 5.75 Å². The monoisotopic (exact) mass is 439 g/mol. The quantitative estimate of drug-likeness (QED) is 0.341. The average molecular weight is 439 g/mol. The SMILES string of the molecule is O=C1C(=O)N(c2ccc(C(F)(F)F)cc2)C(c2ccc(O)cc2)/C1=C(\O)c1ccccc1. The van der Waals surface area contributed by atoms with Gasteiger partial charge in [-0.2, -0.15) is 13.2 Å². The molecule has 1 amide bonds. The molecule has 0 aliphatic carbocycles. The Morgan fingerprint density at radius 3 is 2.00 bits per heavy atom. The summed E-state index contributed by atoms with van der Waals surface area (Å²) in [6.07, 6.45) is -4.56. The second-order valence-electron chi connectivity index (χ2n) is 7.17. The summed E-state index contributed by atoms with van der Waals surface area (Å²) in [5, 5.41) is 20.5. The summed E-state index contributed by atoms with van der Waals surface area (Å²) in [4.78, 5) is 26.9. The molecule has 1 heterocycles. The highest BCUT2D eigenvalue weighted by Gasteiger charge is 2.47. The smallest absolute Gasteiger partial charge is 0.416 e. The number of carbonyl (C=O) groups excluding carboxylic acids is 2. The Hall–Kier alpha value is -4.07. The number of hydrogen-bond donors (Lipinski definition) is 2. The van der Waals surface area contributed by atoms with Gasteiger partial charge in [-0.1, -0.05) is 42.5 Å². The van der Waals surface area contributed by atoms with Crippen molar-refractivity contribution < 1.29 is 33.0 Å². The molecule has 2 N–H and O–H groups in total. The fourth-order valence-electron chi connectivity index (χ4n) is 3.63. The zero-order valence-corrected chi connectivity index (χ0v) is 16.4. The van der Waals surface area contributed by atoms with Gasteiger partial charge in [0.05, 0.1) is 17.2 Å². The second-order valence-corrected chi connectivity index (χ2v) is 7.17. The number of hydrogen-bond acceptors (Lipinski definition) is 4. The van der Waals surface area contributed by atoms with E-state index in [0.29, 0.717) is 11.1 Å². The largest absolute Gasteiger partial charge is 0.508 e. The first-order valence-corrected chi connectivity index (χ1v) is 9.51. The third kappa shape index (κ3) is 3.71. The van der Waals surface area contributed by atoms with Gasteiger partial charge in [-0.15, -0.1) is 0 Å². The van der Waals surface area contributed by atoms with E-state index in [1.165, 1.54) is 24.3 Å². The standard InChI is InChI=1S/C24H16F3NO4/c25-24(26,27)16-8-10-17(11-9-16)28-20(14-6-12-18(29)13-7-14)19(22(31)23(28)32)21(30)15-4-2-1-3-5-15/h1-13,20,29-30H/b21-19+. The number of alkyl halides is 3. The maximum atomic E-state index is 13.0.